The SMILES string of the molecule is CC[C@@H](Oc1cccc(C)c1C)C(=O)Nc1ccc(F)c(F)c1. The van der Waals surface area contributed by atoms with Crippen molar-refractivity contribution >= 4 is 11.6 Å². The number of carbonyl (C=O) groups is 1. The second-order valence-corrected chi connectivity index (χ2v) is 5.33. The third-order valence-electron chi connectivity index (χ3n) is 3.67. The number of carbonyl (C=O) groups excluding carboxylic acids is 1. The lowest BCUT2D eigenvalue weighted by molar-refractivity contribution is -0.122. The Bertz CT molecular complexity index is 716. The van der Waals surface area contributed by atoms with Gasteiger partial charge in [-0.1, -0.05) is 19.1 Å². The number of anilines is 1. The number of nitrogens with one attached hydrogen (secondary N) is 1. The molecule has 0 aliphatic heterocycles. The second kappa shape index (κ2) is 7.22. The van der Waals surface area contributed by atoms with Gasteiger partial charge < -0.3 is 10.1 Å². The van der Waals surface area contributed by atoms with Crippen molar-refractivity contribution in [3.8, 4) is 5.75 Å². The van der Waals surface area contributed by atoms with E-state index in [4.69, 9.17) is 4.74 Å². The first-order chi connectivity index (χ1) is 10.9. The van der Waals surface area contributed by atoms with Crippen molar-refractivity contribution in [2.24, 2.45) is 0 Å². The zero-order valence-corrected chi connectivity index (χ0v) is 13.3. The Morgan fingerprint density at radius 2 is 1.91 bits per heavy atom. The van der Waals surface area contributed by atoms with Crippen LogP contribution in [0.15, 0.2) is 36.4 Å². The minimum Gasteiger partial charge on any atom is -0.480 e. The molecule has 2 rings (SSSR count). The Labute approximate surface area is 134 Å². The third-order valence-corrected chi connectivity index (χ3v) is 3.67. The van der Waals surface area contributed by atoms with E-state index in [-0.39, 0.29) is 5.69 Å². The molecule has 2 aromatic carbocycles. The number of amides is 1. The summed E-state index contributed by atoms with van der Waals surface area (Å²) in [6.07, 6.45) is -0.272. The van der Waals surface area contributed by atoms with Crippen LogP contribution in [0.4, 0.5) is 14.5 Å². The number of ether oxygens (including phenoxy) is 1. The summed E-state index contributed by atoms with van der Waals surface area (Å²) in [4.78, 5) is 12.3. The van der Waals surface area contributed by atoms with Crippen molar-refractivity contribution in [1.82, 2.24) is 0 Å². The molecule has 0 spiro atoms. The smallest absolute Gasteiger partial charge is 0.265 e. The van der Waals surface area contributed by atoms with E-state index in [1.54, 1.807) is 6.07 Å². The maximum absolute atomic E-state index is 13.2. The summed E-state index contributed by atoms with van der Waals surface area (Å²) in [5.41, 5.74) is 2.22. The van der Waals surface area contributed by atoms with E-state index in [2.05, 4.69) is 5.32 Å². The molecule has 5 heteroatoms. The highest BCUT2D eigenvalue weighted by molar-refractivity contribution is 5.94. The second-order valence-electron chi connectivity index (χ2n) is 5.33. The molecule has 1 N–H and O–H groups in total. The molecule has 3 nitrogen and oxygen atoms in total. The van der Waals surface area contributed by atoms with Crippen molar-refractivity contribution < 1.29 is 18.3 Å². The molecular weight excluding hydrogens is 300 g/mol. The van der Waals surface area contributed by atoms with Gasteiger partial charge in [0.2, 0.25) is 0 Å². The molecule has 23 heavy (non-hydrogen) atoms. The van der Waals surface area contributed by atoms with Crippen LogP contribution in [0, 0.1) is 25.5 Å². The number of benzene rings is 2. The van der Waals surface area contributed by atoms with Gasteiger partial charge in [0.25, 0.3) is 5.91 Å². The van der Waals surface area contributed by atoms with Crippen LogP contribution < -0.4 is 10.1 Å². The molecule has 0 unspecified atom stereocenters. The average molecular weight is 319 g/mol. The fraction of sp³-hybridized carbons (Fsp3) is 0.278. The molecule has 1 atom stereocenters. The van der Waals surface area contributed by atoms with Crippen LogP contribution in [0.5, 0.6) is 5.75 Å². The van der Waals surface area contributed by atoms with E-state index in [0.717, 1.165) is 23.3 Å². The first kappa shape index (κ1) is 16.9. The molecule has 0 saturated heterocycles. The zero-order chi connectivity index (χ0) is 17.0. The molecule has 1 amide bonds. The highest BCUT2D eigenvalue weighted by Crippen LogP contribution is 2.23. The predicted molar refractivity (Wildman–Crippen MR) is 85.6 cm³/mol. The van der Waals surface area contributed by atoms with Crippen LogP contribution in [-0.4, -0.2) is 12.0 Å². The van der Waals surface area contributed by atoms with E-state index >= 15 is 0 Å². The van der Waals surface area contributed by atoms with Crippen LogP contribution in [0.25, 0.3) is 0 Å². The number of aryl methyl sites for hydroxylation is 1. The van der Waals surface area contributed by atoms with Crippen molar-refractivity contribution in [1.29, 1.82) is 0 Å². The monoisotopic (exact) mass is 319 g/mol. The Morgan fingerprint density at radius 1 is 1.17 bits per heavy atom. The largest absolute Gasteiger partial charge is 0.480 e. The van der Waals surface area contributed by atoms with E-state index in [0.29, 0.717) is 12.2 Å². The summed E-state index contributed by atoms with van der Waals surface area (Å²) >= 11 is 0. The van der Waals surface area contributed by atoms with Gasteiger partial charge in [0.1, 0.15) is 5.75 Å². The minimum absolute atomic E-state index is 0.192. The summed E-state index contributed by atoms with van der Waals surface area (Å²) in [6.45, 7) is 5.70. The van der Waals surface area contributed by atoms with Gasteiger partial charge in [-0.3, -0.25) is 4.79 Å². The number of halogens is 2. The van der Waals surface area contributed by atoms with Crippen molar-refractivity contribution in [2.45, 2.75) is 33.3 Å². The van der Waals surface area contributed by atoms with Gasteiger partial charge in [0.15, 0.2) is 17.7 Å². The quantitative estimate of drug-likeness (QED) is 0.888. The van der Waals surface area contributed by atoms with Crippen molar-refractivity contribution in [2.75, 3.05) is 5.32 Å². The Kier molecular flexibility index (Phi) is 5.32. The average Bonchev–Trinajstić information content (AvgIpc) is 2.52. The van der Waals surface area contributed by atoms with Gasteiger partial charge >= 0.3 is 0 Å². The highest BCUT2D eigenvalue weighted by Gasteiger charge is 2.20. The number of hydrogen-bond donors (Lipinski definition) is 1. The first-order valence-corrected chi connectivity index (χ1v) is 7.41. The van der Waals surface area contributed by atoms with Crippen LogP contribution in [0.2, 0.25) is 0 Å². The van der Waals surface area contributed by atoms with Gasteiger partial charge in [0.05, 0.1) is 0 Å². The molecular formula is C18H19F2NO2. The van der Waals surface area contributed by atoms with Gasteiger partial charge in [0, 0.05) is 11.8 Å². The van der Waals surface area contributed by atoms with Gasteiger partial charge in [-0.05, 0) is 49.6 Å². The van der Waals surface area contributed by atoms with E-state index in [1.807, 2.05) is 32.9 Å². The van der Waals surface area contributed by atoms with Crippen LogP contribution in [0.3, 0.4) is 0 Å². The van der Waals surface area contributed by atoms with E-state index in [1.165, 1.54) is 6.07 Å². The summed E-state index contributed by atoms with van der Waals surface area (Å²) in [5.74, 6) is -1.73. The lowest BCUT2D eigenvalue weighted by Crippen LogP contribution is -2.32. The first-order valence-electron chi connectivity index (χ1n) is 7.41. The Balaban J connectivity index is 2.12. The predicted octanol–water partition coefficient (Wildman–Crippen LogP) is 4.38. The lowest BCUT2D eigenvalue weighted by Gasteiger charge is -2.19. The molecule has 0 radical (unpaired) electrons. The molecule has 0 fully saturated rings. The minimum atomic E-state index is -1.01. The van der Waals surface area contributed by atoms with Crippen LogP contribution >= 0.6 is 0 Å². The molecule has 0 bridgehead atoms. The highest BCUT2D eigenvalue weighted by atomic mass is 19.2. The summed E-state index contributed by atoms with van der Waals surface area (Å²) in [7, 11) is 0. The van der Waals surface area contributed by atoms with Gasteiger partial charge in [-0.15, -0.1) is 0 Å². The molecule has 0 aliphatic carbocycles. The number of rotatable bonds is 5. The zero-order valence-electron chi connectivity index (χ0n) is 13.3. The molecule has 0 aliphatic rings. The normalized spacial score (nSPS) is 11.9. The summed E-state index contributed by atoms with van der Waals surface area (Å²) in [5, 5.41) is 2.54. The standard InChI is InChI=1S/C18H19F2NO2/c1-4-16(23-17-7-5-6-11(2)12(17)3)18(22)21-13-8-9-14(19)15(20)10-13/h5-10,16H,4H2,1-3H3,(H,21,22)/t16-/m1/s1. The Morgan fingerprint density at radius 3 is 2.57 bits per heavy atom. The molecule has 0 heterocycles. The van der Waals surface area contributed by atoms with Gasteiger partial charge in [-0.2, -0.15) is 0 Å². The van der Waals surface area contributed by atoms with Crippen molar-refractivity contribution in [3.05, 3.63) is 59.2 Å². The molecule has 122 valence electrons. The Hall–Kier alpha value is -2.43. The molecule has 2 aromatic rings. The number of hydrogen-bond acceptors (Lipinski definition) is 2. The lowest BCUT2D eigenvalue weighted by atomic mass is 10.1. The maximum Gasteiger partial charge on any atom is 0.265 e. The topological polar surface area (TPSA) is 38.3 Å². The maximum atomic E-state index is 13.2. The summed E-state index contributed by atoms with van der Waals surface area (Å²) in [6, 6.07) is 8.84. The van der Waals surface area contributed by atoms with Crippen molar-refractivity contribution in [3.63, 3.8) is 0 Å². The van der Waals surface area contributed by atoms with E-state index in [9.17, 15) is 13.6 Å². The van der Waals surface area contributed by atoms with E-state index < -0.39 is 23.6 Å². The fourth-order valence-electron chi connectivity index (χ4n) is 2.12. The fourth-order valence-corrected chi connectivity index (χ4v) is 2.12. The third kappa shape index (κ3) is 4.06. The van der Waals surface area contributed by atoms with Crippen LogP contribution in [-0.2, 0) is 4.79 Å². The summed E-state index contributed by atoms with van der Waals surface area (Å²) < 4.78 is 31.9. The van der Waals surface area contributed by atoms with Crippen LogP contribution in [0.1, 0.15) is 24.5 Å². The molecule has 0 aromatic heterocycles. The molecule has 0 saturated carbocycles. The van der Waals surface area contributed by atoms with Gasteiger partial charge in [-0.25, -0.2) is 8.78 Å².